The first-order valence-corrected chi connectivity index (χ1v) is 8.29. The van der Waals surface area contributed by atoms with Crippen LogP contribution < -0.4 is 4.80 Å². The minimum absolute atomic E-state index is 0.107. The van der Waals surface area contributed by atoms with Gasteiger partial charge in [-0.15, -0.1) is 6.42 Å². The van der Waals surface area contributed by atoms with Crippen molar-refractivity contribution in [2.45, 2.75) is 38.6 Å². The zero-order chi connectivity index (χ0) is 15.5. The number of thiazole rings is 1. The van der Waals surface area contributed by atoms with Crippen molar-refractivity contribution in [3.05, 3.63) is 28.8 Å². The van der Waals surface area contributed by atoms with Crippen molar-refractivity contribution in [3.63, 3.8) is 0 Å². The number of nitrogens with zero attached hydrogens (tertiary/aromatic N) is 2. The lowest BCUT2D eigenvalue weighted by Gasteiger charge is -2.04. The van der Waals surface area contributed by atoms with Gasteiger partial charge < -0.3 is 4.57 Å². The number of amides is 1. The molecule has 1 aromatic heterocycles. The molecule has 3 nitrogen and oxygen atoms in total. The number of aromatic nitrogens is 1. The third-order valence-electron chi connectivity index (χ3n) is 4.05. The van der Waals surface area contributed by atoms with Crippen LogP contribution in [0.1, 0.15) is 32.1 Å². The minimum atomic E-state index is -0.301. The molecule has 0 unspecified atom stereocenters. The van der Waals surface area contributed by atoms with E-state index in [1.54, 1.807) is 10.6 Å². The molecule has 1 aliphatic rings. The Balaban J connectivity index is 1.97. The van der Waals surface area contributed by atoms with E-state index < -0.39 is 0 Å². The van der Waals surface area contributed by atoms with Gasteiger partial charge in [0.1, 0.15) is 5.82 Å². The van der Waals surface area contributed by atoms with Gasteiger partial charge in [0.25, 0.3) is 0 Å². The van der Waals surface area contributed by atoms with Gasteiger partial charge in [-0.1, -0.05) is 30.1 Å². The predicted octanol–water partition coefficient (Wildman–Crippen LogP) is 3.48. The Kier molecular flexibility index (Phi) is 4.39. The molecule has 0 aliphatic heterocycles. The van der Waals surface area contributed by atoms with E-state index in [0.717, 1.165) is 23.1 Å². The molecule has 1 aromatic carbocycles. The molecule has 0 spiro atoms. The third-order valence-corrected chi connectivity index (χ3v) is 5.09. The smallest absolute Gasteiger partial charge is 0.248 e. The number of fused-ring (bicyclic) bond motifs is 1. The maximum atomic E-state index is 13.4. The Labute approximate surface area is 132 Å². The maximum absolute atomic E-state index is 13.4. The molecular formula is C17H17FN2OS. The average Bonchev–Trinajstić information content (AvgIpc) is 3.08. The molecule has 114 valence electrons. The summed E-state index contributed by atoms with van der Waals surface area (Å²) in [5.41, 5.74) is 0.816. The van der Waals surface area contributed by atoms with Crippen LogP contribution in [-0.4, -0.2) is 10.5 Å². The Morgan fingerprint density at radius 2 is 2.23 bits per heavy atom. The molecule has 1 heterocycles. The highest BCUT2D eigenvalue weighted by Crippen LogP contribution is 2.27. The highest BCUT2D eigenvalue weighted by atomic mass is 32.1. The fourth-order valence-electron chi connectivity index (χ4n) is 2.99. The SMILES string of the molecule is C#CCn1c(=NC(=O)CC2CCCC2)sc2cc(F)ccc21. The summed E-state index contributed by atoms with van der Waals surface area (Å²) in [6.07, 6.45) is 10.5. The van der Waals surface area contributed by atoms with Crippen LogP contribution >= 0.6 is 11.3 Å². The number of hydrogen-bond donors (Lipinski definition) is 0. The van der Waals surface area contributed by atoms with Crippen LogP contribution in [0.15, 0.2) is 23.2 Å². The Morgan fingerprint density at radius 1 is 1.45 bits per heavy atom. The zero-order valence-corrected chi connectivity index (χ0v) is 13.0. The maximum Gasteiger partial charge on any atom is 0.248 e. The van der Waals surface area contributed by atoms with Gasteiger partial charge in [0, 0.05) is 6.42 Å². The number of terminal acetylenes is 1. The number of rotatable bonds is 3. The molecule has 1 fully saturated rings. The van der Waals surface area contributed by atoms with E-state index in [0.29, 0.717) is 23.7 Å². The molecule has 0 bridgehead atoms. The second-order valence-corrected chi connectivity index (χ2v) is 6.66. The fraction of sp³-hybridized carbons (Fsp3) is 0.412. The van der Waals surface area contributed by atoms with Crippen molar-refractivity contribution >= 4 is 27.5 Å². The largest absolute Gasteiger partial charge is 0.305 e. The summed E-state index contributed by atoms with van der Waals surface area (Å²) >= 11 is 1.30. The Morgan fingerprint density at radius 3 is 2.95 bits per heavy atom. The number of benzene rings is 1. The van der Waals surface area contributed by atoms with Crippen LogP contribution in [0.25, 0.3) is 10.2 Å². The first kappa shape index (κ1) is 15.0. The molecule has 0 radical (unpaired) electrons. The van der Waals surface area contributed by atoms with E-state index >= 15 is 0 Å². The lowest BCUT2D eigenvalue weighted by Crippen LogP contribution is -2.17. The van der Waals surface area contributed by atoms with Crippen LogP contribution in [0.4, 0.5) is 4.39 Å². The summed E-state index contributed by atoms with van der Waals surface area (Å²) in [6, 6.07) is 4.53. The van der Waals surface area contributed by atoms with Crippen molar-refractivity contribution in [1.82, 2.24) is 4.57 Å². The van der Waals surface area contributed by atoms with Crippen molar-refractivity contribution in [2.24, 2.45) is 10.9 Å². The Hall–Kier alpha value is -1.93. The summed E-state index contributed by atoms with van der Waals surface area (Å²) in [6.45, 7) is 0.321. The number of hydrogen-bond acceptors (Lipinski definition) is 2. The van der Waals surface area contributed by atoms with Crippen molar-refractivity contribution in [1.29, 1.82) is 0 Å². The molecule has 0 atom stereocenters. The normalized spacial score (nSPS) is 16.3. The van der Waals surface area contributed by atoms with E-state index in [4.69, 9.17) is 6.42 Å². The quantitative estimate of drug-likeness (QED) is 0.798. The fourth-order valence-corrected chi connectivity index (χ4v) is 4.06. The summed E-state index contributed by atoms with van der Waals surface area (Å²) in [5, 5.41) is 0. The molecule has 0 N–H and O–H groups in total. The predicted molar refractivity (Wildman–Crippen MR) is 85.8 cm³/mol. The zero-order valence-electron chi connectivity index (χ0n) is 12.2. The van der Waals surface area contributed by atoms with Crippen molar-refractivity contribution in [2.75, 3.05) is 0 Å². The first-order valence-electron chi connectivity index (χ1n) is 7.47. The summed E-state index contributed by atoms with van der Waals surface area (Å²) in [5.74, 6) is 2.62. The van der Waals surface area contributed by atoms with Gasteiger partial charge in [-0.05, 0) is 37.0 Å². The molecule has 0 saturated heterocycles. The van der Waals surface area contributed by atoms with E-state index in [-0.39, 0.29) is 11.7 Å². The van der Waals surface area contributed by atoms with Crippen LogP contribution in [0.5, 0.6) is 0 Å². The highest BCUT2D eigenvalue weighted by Gasteiger charge is 2.18. The molecular weight excluding hydrogens is 299 g/mol. The van der Waals surface area contributed by atoms with Crippen LogP contribution in [0.3, 0.4) is 0 Å². The van der Waals surface area contributed by atoms with E-state index in [1.165, 1.54) is 36.3 Å². The third kappa shape index (κ3) is 3.12. The summed E-state index contributed by atoms with van der Waals surface area (Å²) in [7, 11) is 0. The summed E-state index contributed by atoms with van der Waals surface area (Å²) < 4.78 is 15.9. The number of carbonyl (C=O) groups excluding carboxylic acids is 1. The molecule has 3 rings (SSSR count). The lowest BCUT2D eigenvalue weighted by molar-refractivity contribution is -0.118. The number of halogens is 1. The van der Waals surface area contributed by atoms with Gasteiger partial charge in [-0.2, -0.15) is 4.99 Å². The van der Waals surface area contributed by atoms with Gasteiger partial charge in [-0.3, -0.25) is 4.79 Å². The van der Waals surface area contributed by atoms with Crippen LogP contribution in [0, 0.1) is 24.1 Å². The standard InChI is InChI=1S/C17H17FN2OS/c1-2-9-20-14-8-7-13(18)11-15(14)22-17(20)19-16(21)10-12-5-3-4-6-12/h1,7-8,11-12H,3-6,9-10H2. The van der Waals surface area contributed by atoms with Gasteiger partial charge in [0.15, 0.2) is 4.80 Å². The second kappa shape index (κ2) is 6.45. The Bertz CT molecular complexity index is 806. The molecule has 5 heteroatoms. The topological polar surface area (TPSA) is 34.4 Å². The lowest BCUT2D eigenvalue weighted by atomic mass is 10.0. The molecule has 1 amide bonds. The van der Waals surface area contributed by atoms with Crippen molar-refractivity contribution in [3.8, 4) is 12.3 Å². The second-order valence-electron chi connectivity index (χ2n) is 5.65. The van der Waals surface area contributed by atoms with Crippen molar-refractivity contribution < 1.29 is 9.18 Å². The highest BCUT2D eigenvalue weighted by molar-refractivity contribution is 7.16. The monoisotopic (exact) mass is 316 g/mol. The van der Waals surface area contributed by atoms with Gasteiger partial charge in [0.2, 0.25) is 5.91 Å². The van der Waals surface area contributed by atoms with E-state index in [2.05, 4.69) is 10.9 Å². The minimum Gasteiger partial charge on any atom is -0.305 e. The van der Waals surface area contributed by atoms with Gasteiger partial charge in [0.05, 0.1) is 16.8 Å². The molecule has 1 aliphatic carbocycles. The average molecular weight is 316 g/mol. The molecule has 1 saturated carbocycles. The van der Waals surface area contributed by atoms with Crippen LogP contribution in [0.2, 0.25) is 0 Å². The first-order chi connectivity index (χ1) is 10.7. The van der Waals surface area contributed by atoms with E-state index in [1.807, 2.05) is 0 Å². The van der Waals surface area contributed by atoms with Crippen LogP contribution in [-0.2, 0) is 11.3 Å². The molecule has 22 heavy (non-hydrogen) atoms. The number of carbonyl (C=O) groups is 1. The summed E-state index contributed by atoms with van der Waals surface area (Å²) in [4.78, 5) is 17.0. The van der Waals surface area contributed by atoms with Gasteiger partial charge >= 0.3 is 0 Å². The van der Waals surface area contributed by atoms with Gasteiger partial charge in [-0.25, -0.2) is 4.39 Å². The molecule has 2 aromatic rings. The van der Waals surface area contributed by atoms with E-state index in [9.17, 15) is 9.18 Å².